The van der Waals surface area contributed by atoms with Gasteiger partial charge in [0.1, 0.15) is 5.75 Å². The lowest BCUT2D eigenvalue weighted by Gasteiger charge is -2.29. The number of hydrogen-bond acceptors (Lipinski definition) is 4. The third kappa shape index (κ3) is 4.18. The summed E-state index contributed by atoms with van der Waals surface area (Å²) in [4.78, 5) is 0.320. The van der Waals surface area contributed by atoms with Gasteiger partial charge in [-0.1, -0.05) is 13.3 Å². The van der Waals surface area contributed by atoms with Gasteiger partial charge in [-0.15, -0.1) is 0 Å². The van der Waals surface area contributed by atoms with Crippen LogP contribution < -0.4 is 10.5 Å². The van der Waals surface area contributed by atoms with E-state index < -0.39 is 10.0 Å². The summed E-state index contributed by atoms with van der Waals surface area (Å²) in [6.45, 7) is 3.76. The molecule has 21 heavy (non-hydrogen) atoms. The second kappa shape index (κ2) is 7.24. The van der Waals surface area contributed by atoms with Crippen LogP contribution in [0.25, 0.3) is 0 Å². The van der Waals surface area contributed by atoms with Crippen LogP contribution >= 0.6 is 0 Å². The summed E-state index contributed by atoms with van der Waals surface area (Å²) in [7, 11) is -3.41. The van der Waals surface area contributed by atoms with Crippen LogP contribution in [0, 0.1) is 0 Å². The maximum Gasteiger partial charge on any atom is 0.243 e. The lowest BCUT2D eigenvalue weighted by Crippen LogP contribution is -2.42. The minimum absolute atomic E-state index is 0.116. The zero-order valence-electron chi connectivity index (χ0n) is 12.5. The summed E-state index contributed by atoms with van der Waals surface area (Å²) in [6, 6.07) is 6.79. The monoisotopic (exact) mass is 312 g/mol. The molecule has 5 nitrogen and oxygen atoms in total. The van der Waals surface area contributed by atoms with Gasteiger partial charge in [-0.05, 0) is 43.5 Å². The van der Waals surface area contributed by atoms with Crippen molar-refractivity contribution in [2.75, 3.05) is 19.7 Å². The summed E-state index contributed by atoms with van der Waals surface area (Å²) < 4.78 is 32.1. The molecule has 2 N–H and O–H groups in total. The first-order valence-electron chi connectivity index (χ1n) is 7.52. The molecule has 0 unspecified atom stereocenters. The normalized spacial score (nSPS) is 17.8. The Kier molecular flexibility index (Phi) is 5.61. The Morgan fingerprint density at radius 3 is 2.43 bits per heavy atom. The maximum atomic E-state index is 12.5. The van der Waals surface area contributed by atoms with Crippen molar-refractivity contribution in [2.24, 2.45) is 5.73 Å². The molecule has 0 saturated carbocycles. The number of piperidine rings is 1. The molecular formula is C15H24N2O3S. The van der Waals surface area contributed by atoms with Gasteiger partial charge < -0.3 is 10.5 Å². The molecule has 118 valence electrons. The number of unbranched alkanes of at least 4 members (excludes halogenated alkanes) is 1. The number of benzene rings is 1. The van der Waals surface area contributed by atoms with Crippen LogP contribution in [-0.2, 0) is 10.0 Å². The van der Waals surface area contributed by atoms with Crippen molar-refractivity contribution in [2.45, 2.75) is 43.5 Å². The molecule has 1 heterocycles. The average Bonchev–Trinajstić information content (AvgIpc) is 2.48. The van der Waals surface area contributed by atoms with Gasteiger partial charge in [-0.25, -0.2) is 8.42 Å². The number of nitrogens with zero attached hydrogens (tertiary/aromatic N) is 1. The van der Waals surface area contributed by atoms with Crippen molar-refractivity contribution in [1.82, 2.24) is 4.31 Å². The van der Waals surface area contributed by atoms with Crippen molar-refractivity contribution in [3.63, 3.8) is 0 Å². The van der Waals surface area contributed by atoms with Crippen LogP contribution in [0.2, 0.25) is 0 Å². The van der Waals surface area contributed by atoms with E-state index >= 15 is 0 Å². The number of nitrogens with two attached hydrogens (primary N) is 1. The number of rotatable bonds is 6. The van der Waals surface area contributed by atoms with Gasteiger partial charge in [0.25, 0.3) is 0 Å². The SMILES string of the molecule is CCCCOc1ccc(S(=O)(=O)N2CCC(N)CC2)cc1. The fourth-order valence-electron chi connectivity index (χ4n) is 2.31. The van der Waals surface area contributed by atoms with E-state index in [4.69, 9.17) is 10.5 Å². The van der Waals surface area contributed by atoms with E-state index in [9.17, 15) is 8.42 Å². The van der Waals surface area contributed by atoms with Crippen LogP contribution in [0.1, 0.15) is 32.6 Å². The van der Waals surface area contributed by atoms with Gasteiger partial charge >= 0.3 is 0 Å². The van der Waals surface area contributed by atoms with Gasteiger partial charge in [-0.3, -0.25) is 0 Å². The first-order chi connectivity index (χ1) is 10.0. The predicted octanol–water partition coefficient (Wildman–Crippen LogP) is 1.98. The van der Waals surface area contributed by atoms with E-state index in [0.29, 0.717) is 30.3 Å². The highest BCUT2D eigenvalue weighted by Gasteiger charge is 2.28. The lowest BCUT2D eigenvalue weighted by molar-refractivity contribution is 0.309. The molecule has 2 rings (SSSR count). The minimum Gasteiger partial charge on any atom is -0.494 e. The van der Waals surface area contributed by atoms with Gasteiger partial charge in [0.15, 0.2) is 0 Å². The zero-order valence-corrected chi connectivity index (χ0v) is 13.3. The first kappa shape index (κ1) is 16.3. The fourth-order valence-corrected chi connectivity index (χ4v) is 3.78. The first-order valence-corrected chi connectivity index (χ1v) is 8.96. The van der Waals surface area contributed by atoms with Crippen molar-refractivity contribution >= 4 is 10.0 Å². The summed E-state index contributed by atoms with van der Waals surface area (Å²) in [5, 5.41) is 0. The van der Waals surface area contributed by atoms with Gasteiger partial charge in [0.2, 0.25) is 10.0 Å². The van der Waals surface area contributed by atoms with Crippen LogP contribution in [0.3, 0.4) is 0 Å². The second-order valence-electron chi connectivity index (χ2n) is 5.41. The summed E-state index contributed by atoms with van der Waals surface area (Å²) in [5.41, 5.74) is 5.82. The Labute approximate surface area is 127 Å². The van der Waals surface area contributed by atoms with E-state index in [0.717, 1.165) is 25.7 Å². The van der Waals surface area contributed by atoms with E-state index in [1.807, 2.05) is 0 Å². The minimum atomic E-state index is -3.41. The Bertz CT molecular complexity index is 535. The van der Waals surface area contributed by atoms with Gasteiger partial charge in [-0.2, -0.15) is 4.31 Å². The highest BCUT2D eigenvalue weighted by atomic mass is 32.2. The Balaban J connectivity index is 2.03. The smallest absolute Gasteiger partial charge is 0.243 e. The highest BCUT2D eigenvalue weighted by molar-refractivity contribution is 7.89. The van der Waals surface area contributed by atoms with Gasteiger partial charge in [0, 0.05) is 19.1 Å². The van der Waals surface area contributed by atoms with Crippen molar-refractivity contribution in [3.8, 4) is 5.75 Å². The average molecular weight is 312 g/mol. The standard InChI is InChI=1S/C15H24N2O3S/c1-2-3-12-20-14-4-6-15(7-5-14)21(18,19)17-10-8-13(16)9-11-17/h4-7,13H,2-3,8-12,16H2,1H3. The van der Waals surface area contributed by atoms with Crippen molar-refractivity contribution in [3.05, 3.63) is 24.3 Å². The van der Waals surface area contributed by atoms with Crippen LogP contribution in [-0.4, -0.2) is 38.5 Å². The van der Waals surface area contributed by atoms with E-state index in [1.54, 1.807) is 24.3 Å². The maximum absolute atomic E-state index is 12.5. The molecule has 0 aromatic heterocycles. The molecule has 0 bridgehead atoms. The van der Waals surface area contributed by atoms with Crippen LogP contribution in [0.5, 0.6) is 5.75 Å². The Hall–Kier alpha value is -1.11. The zero-order chi connectivity index (χ0) is 15.3. The molecule has 1 aromatic carbocycles. The number of sulfonamides is 1. The number of ether oxygens (including phenoxy) is 1. The summed E-state index contributed by atoms with van der Waals surface area (Å²) in [5.74, 6) is 0.711. The van der Waals surface area contributed by atoms with E-state index in [2.05, 4.69) is 6.92 Å². The van der Waals surface area contributed by atoms with Crippen molar-refractivity contribution in [1.29, 1.82) is 0 Å². The molecule has 0 amide bonds. The van der Waals surface area contributed by atoms with E-state index in [-0.39, 0.29) is 6.04 Å². The Morgan fingerprint density at radius 1 is 1.24 bits per heavy atom. The third-order valence-corrected chi connectivity index (χ3v) is 5.64. The third-order valence-electron chi connectivity index (χ3n) is 3.73. The summed E-state index contributed by atoms with van der Waals surface area (Å²) >= 11 is 0. The summed E-state index contributed by atoms with van der Waals surface area (Å²) in [6.07, 6.45) is 3.51. The highest BCUT2D eigenvalue weighted by Crippen LogP contribution is 2.22. The second-order valence-corrected chi connectivity index (χ2v) is 7.35. The molecule has 0 aliphatic carbocycles. The molecule has 1 saturated heterocycles. The van der Waals surface area contributed by atoms with Gasteiger partial charge in [0.05, 0.1) is 11.5 Å². The largest absolute Gasteiger partial charge is 0.494 e. The molecule has 1 aliphatic heterocycles. The molecule has 0 atom stereocenters. The number of hydrogen-bond donors (Lipinski definition) is 1. The molecule has 1 fully saturated rings. The lowest BCUT2D eigenvalue weighted by atomic mass is 10.1. The van der Waals surface area contributed by atoms with Crippen LogP contribution in [0.4, 0.5) is 0 Å². The predicted molar refractivity (Wildman–Crippen MR) is 82.8 cm³/mol. The molecule has 6 heteroatoms. The van der Waals surface area contributed by atoms with Crippen LogP contribution in [0.15, 0.2) is 29.2 Å². The molecule has 0 spiro atoms. The fraction of sp³-hybridized carbons (Fsp3) is 0.600. The van der Waals surface area contributed by atoms with Crippen molar-refractivity contribution < 1.29 is 13.2 Å². The van der Waals surface area contributed by atoms with E-state index in [1.165, 1.54) is 4.31 Å². The quantitative estimate of drug-likeness (QED) is 0.815. The molecule has 1 aromatic rings. The molecule has 1 aliphatic rings. The molecular weight excluding hydrogens is 288 g/mol. The topological polar surface area (TPSA) is 72.6 Å². The molecule has 0 radical (unpaired) electrons. The Morgan fingerprint density at radius 2 is 1.86 bits per heavy atom.